The normalized spacial score (nSPS) is 20.8. The summed E-state index contributed by atoms with van der Waals surface area (Å²) >= 11 is 0. The van der Waals surface area contributed by atoms with Crippen LogP contribution in [-0.2, 0) is 11.3 Å². The third-order valence-corrected chi connectivity index (χ3v) is 4.66. The van der Waals surface area contributed by atoms with Crippen LogP contribution in [0, 0.1) is 0 Å². The summed E-state index contributed by atoms with van der Waals surface area (Å²) in [6, 6.07) is 7.95. The molecule has 1 amide bonds. The number of fused-ring (bicyclic) bond motifs is 1. The quantitative estimate of drug-likeness (QED) is 0.764. The van der Waals surface area contributed by atoms with Gasteiger partial charge < -0.3 is 18.9 Å². The van der Waals surface area contributed by atoms with E-state index in [0.29, 0.717) is 31.9 Å². The number of aromatic nitrogens is 1. The molecule has 3 rings (SSSR count). The Morgan fingerprint density at radius 2 is 2.04 bits per heavy atom. The number of carbonyl (C=O) groups is 1. The summed E-state index contributed by atoms with van der Waals surface area (Å²) in [5, 5.41) is 0.983. The van der Waals surface area contributed by atoms with Gasteiger partial charge >= 0.3 is 0 Å². The average molecular weight is 356 g/mol. The highest BCUT2D eigenvalue weighted by molar-refractivity contribution is 6.00. The topological polar surface area (TPSA) is 43.7 Å². The summed E-state index contributed by atoms with van der Waals surface area (Å²) in [5.41, 5.74) is 1.72. The SMILES string of the molecule is C/C=C\Cn1c(C(=O)N2CC(C)OC(C)C2)cc2c(OCC)cccc21. The Labute approximate surface area is 155 Å². The summed E-state index contributed by atoms with van der Waals surface area (Å²) in [6.45, 7) is 10.5. The molecule has 1 aliphatic heterocycles. The molecule has 1 aromatic carbocycles. The second-order valence-corrected chi connectivity index (χ2v) is 6.80. The predicted molar refractivity (Wildman–Crippen MR) is 104 cm³/mol. The fourth-order valence-electron chi connectivity index (χ4n) is 3.63. The molecule has 1 aliphatic rings. The van der Waals surface area contributed by atoms with Gasteiger partial charge in [0.25, 0.3) is 5.91 Å². The molecule has 26 heavy (non-hydrogen) atoms. The van der Waals surface area contributed by atoms with Crippen LogP contribution in [0.25, 0.3) is 10.9 Å². The molecule has 1 fully saturated rings. The van der Waals surface area contributed by atoms with Gasteiger partial charge in [-0.3, -0.25) is 4.79 Å². The van der Waals surface area contributed by atoms with Gasteiger partial charge in [0, 0.05) is 25.0 Å². The zero-order valence-corrected chi connectivity index (χ0v) is 16.1. The van der Waals surface area contributed by atoms with Crippen LogP contribution in [0.3, 0.4) is 0 Å². The number of amides is 1. The highest BCUT2D eigenvalue weighted by Gasteiger charge is 2.29. The number of rotatable bonds is 5. The lowest BCUT2D eigenvalue weighted by Gasteiger charge is -2.35. The fourth-order valence-corrected chi connectivity index (χ4v) is 3.63. The summed E-state index contributed by atoms with van der Waals surface area (Å²) < 4.78 is 13.6. The van der Waals surface area contributed by atoms with Crippen LogP contribution in [0.4, 0.5) is 0 Å². The molecule has 2 unspecified atom stereocenters. The first-order valence-electron chi connectivity index (χ1n) is 9.36. The van der Waals surface area contributed by atoms with Gasteiger partial charge in [-0.25, -0.2) is 0 Å². The van der Waals surface area contributed by atoms with E-state index < -0.39 is 0 Å². The molecule has 0 saturated carbocycles. The van der Waals surface area contributed by atoms with Gasteiger partial charge in [-0.05, 0) is 45.9 Å². The van der Waals surface area contributed by atoms with E-state index in [-0.39, 0.29) is 18.1 Å². The van der Waals surface area contributed by atoms with E-state index in [9.17, 15) is 4.79 Å². The van der Waals surface area contributed by atoms with Crippen LogP contribution in [0.5, 0.6) is 5.75 Å². The lowest BCUT2D eigenvalue weighted by atomic mass is 10.2. The van der Waals surface area contributed by atoms with Gasteiger partial charge in [-0.2, -0.15) is 0 Å². The smallest absolute Gasteiger partial charge is 0.270 e. The van der Waals surface area contributed by atoms with Crippen molar-refractivity contribution in [3.05, 3.63) is 42.1 Å². The van der Waals surface area contributed by atoms with Crippen molar-refractivity contribution in [2.45, 2.75) is 46.4 Å². The first-order valence-corrected chi connectivity index (χ1v) is 9.36. The standard InChI is InChI=1S/C21H28N2O3/c1-5-7-11-23-18-9-8-10-20(25-6-2)17(18)12-19(23)21(24)22-13-15(3)26-16(4)14-22/h5,7-10,12,15-16H,6,11,13-14H2,1-4H3/b7-5-. The van der Waals surface area contributed by atoms with Crippen LogP contribution < -0.4 is 4.74 Å². The van der Waals surface area contributed by atoms with Crippen LogP contribution in [-0.4, -0.2) is 47.3 Å². The number of allylic oxidation sites excluding steroid dienone is 2. The van der Waals surface area contributed by atoms with Crippen molar-refractivity contribution in [1.82, 2.24) is 9.47 Å². The minimum atomic E-state index is 0.0510. The maximum Gasteiger partial charge on any atom is 0.270 e. The van der Waals surface area contributed by atoms with Crippen LogP contribution in [0.15, 0.2) is 36.4 Å². The predicted octanol–water partition coefficient (Wildman–Crippen LogP) is 3.87. The maximum atomic E-state index is 13.3. The Hall–Kier alpha value is -2.27. The van der Waals surface area contributed by atoms with Crippen molar-refractivity contribution in [3.63, 3.8) is 0 Å². The van der Waals surface area contributed by atoms with Gasteiger partial charge in [0.2, 0.25) is 0 Å². The number of nitrogens with zero attached hydrogens (tertiary/aromatic N) is 2. The molecule has 5 heteroatoms. The molecule has 140 valence electrons. The van der Waals surface area contributed by atoms with Crippen molar-refractivity contribution >= 4 is 16.8 Å². The molecule has 2 aromatic rings. The largest absolute Gasteiger partial charge is 0.493 e. The highest BCUT2D eigenvalue weighted by atomic mass is 16.5. The number of benzene rings is 1. The third-order valence-electron chi connectivity index (χ3n) is 4.66. The second-order valence-electron chi connectivity index (χ2n) is 6.80. The molecule has 2 atom stereocenters. The second kappa shape index (κ2) is 7.96. The van der Waals surface area contributed by atoms with Gasteiger partial charge in [0.05, 0.1) is 24.3 Å². The summed E-state index contributed by atoms with van der Waals surface area (Å²) in [4.78, 5) is 15.2. The molecule has 0 aliphatic carbocycles. The fraction of sp³-hybridized carbons (Fsp3) is 0.476. The molecule has 5 nitrogen and oxygen atoms in total. The van der Waals surface area contributed by atoms with Gasteiger partial charge in [-0.1, -0.05) is 18.2 Å². The van der Waals surface area contributed by atoms with Crippen molar-refractivity contribution in [1.29, 1.82) is 0 Å². The molecule has 0 bridgehead atoms. The van der Waals surface area contributed by atoms with E-state index in [2.05, 4.69) is 10.6 Å². The van der Waals surface area contributed by atoms with E-state index >= 15 is 0 Å². The Balaban J connectivity index is 2.05. The van der Waals surface area contributed by atoms with Crippen LogP contribution >= 0.6 is 0 Å². The van der Waals surface area contributed by atoms with Gasteiger partial charge in [-0.15, -0.1) is 0 Å². The number of ether oxygens (including phenoxy) is 2. The van der Waals surface area contributed by atoms with Gasteiger partial charge in [0.15, 0.2) is 0 Å². The molecule has 1 aromatic heterocycles. The minimum absolute atomic E-state index is 0.0510. The Morgan fingerprint density at radius 1 is 1.31 bits per heavy atom. The van der Waals surface area contributed by atoms with Crippen molar-refractivity contribution < 1.29 is 14.3 Å². The molecule has 2 heterocycles. The summed E-state index contributed by atoms with van der Waals surface area (Å²) in [6.07, 6.45) is 4.17. The third kappa shape index (κ3) is 3.63. The van der Waals surface area contributed by atoms with Crippen molar-refractivity contribution in [2.75, 3.05) is 19.7 Å². The van der Waals surface area contributed by atoms with Gasteiger partial charge in [0.1, 0.15) is 11.4 Å². The Morgan fingerprint density at radius 3 is 2.69 bits per heavy atom. The Kier molecular flexibility index (Phi) is 5.67. The summed E-state index contributed by atoms with van der Waals surface area (Å²) in [5.74, 6) is 0.872. The molecule has 0 spiro atoms. The molecule has 0 radical (unpaired) electrons. The maximum absolute atomic E-state index is 13.3. The molecular formula is C21H28N2O3. The van der Waals surface area contributed by atoms with E-state index in [1.807, 2.05) is 62.9 Å². The lowest BCUT2D eigenvalue weighted by Crippen LogP contribution is -2.48. The van der Waals surface area contributed by atoms with Crippen LogP contribution in [0.1, 0.15) is 38.2 Å². The summed E-state index contributed by atoms with van der Waals surface area (Å²) in [7, 11) is 0. The number of carbonyl (C=O) groups excluding carboxylic acids is 1. The Bertz CT molecular complexity index is 799. The van der Waals surface area contributed by atoms with Crippen molar-refractivity contribution in [2.24, 2.45) is 0 Å². The van der Waals surface area contributed by atoms with E-state index in [0.717, 1.165) is 16.7 Å². The zero-order chi connectivity index (χ0) is 18.7. The lowest BCUT2D eigenvalue weighted by molar-refractivity contribution is -0.0588. The molecule has 1 saturated heterocycles. The first-order chi connectivity index (χ1) is 12.5. The number of hydrogen-bond donors (Lipinski definition) is 0. The first kappa shape index (κ1) is 18.5. The number of morpholine rings is 1. The highest BCUT2D eigenvalue weighted by Crippen LogP contribution is 2.30. The van der Waals surface area contributed by atoms with E-state index in [1.165, 1.54) is 0 Å². The average Bonchev–Trinajstić information content (AvgIpc) is 2.98. The van der Waals surface area contributed by atoms with E-state index in [1.54, 1.807) is 0 Å². The van der Waals surface area contributed by atoms with E-state index in [4.69, 9.17) is 9.47 Å². The molecular weight excluding hydrogens is 328 g/mol. The zero-order valence-electron chi connectivity index (χ0n) is 16.1. The number of hydrogen-bond acceptors (Lipinski definition) is 3. The monoisotopic (exact) mass is 356 g/mol. The minimum Gasteiger partial charge on any atom is -0.493 e. The molecule has 0 N–H and O–H groups in total. The van der Waals surface area contributed by atoms with Crippen molar-refractivity contribution in [3.8, 4) is 5.75 Å². The van der Waals surface area contributed by atoms with Crippen LogP contribution in [0.2, 0.25) is 0 Å².